The average molecular weight is 368 g/mol. The zero-order chi connectivity index (χ0) is 19.4. The summed E-state index contributed by atoms with van der Waals surface area (Å²) in [5, 5.41) is 3.08. The maximum atomic E-state index is 14.5. The number of anilines is 1. The van der Waals surface area contributed by atoms with Crippen LogP contribution in [-0.4, -0.2) is 26.6 Å². The van der Waals surface area contributed by atoms with Crippen LogP contribution in [0.4, 0.5) is 10.2 Å². The number of pyridine rings is 1. The molecule has 2 aromatic heterocycles. The van der Waals surface area contributed by atoms with Crippen molar-refractivity contribution in [3.63, 3.8) is 0 Å². The Hall–Kier alpha value is -3.22. The van der Waals surface area contributed by atoms with E-state index in [4.69, 9.17) is 4.74 Å². The number of hydrogen-bond acceptors (Lipinski definition) is 5. The molecule has 1 aromatic carbocycles. The second-order valence-corrected chi connectivity index (χ2v) is 6.34. The highest BCUT2D eigenvalue weighted by molar-refractivity contribution is 5.94. The fraction of sp³-hybridized carbons (Fsp3) is 0.250. The van der Waals surface area contributed by atoms with Crippen molar-refractivity contribution in [3.8, 4) is 5.69 Å². The molecule has 0 atom stereocenters. The zero-order valence-corrected chi connectivity index (χ0v) is 15.4. The van der Waals surface area contributed by atoms with Crippen molar-refractivity contribution < 1.29 is 13.9 Å². The number of ether oxygens (including phenoxy) is 1. The molecule has 0 aliphatic carbocycles. The molecule has 27 heavy (non-hydrogen) atoms. The van der Waals surface area contributed by atoms with Crippen LogP contribution in [0.1, 0.15) is 35.6 Å². The normalized spacial score (nSPS) is 10.9. The summed E-state index contributed by atoms with van der Waals surface area (Å²) in [6.45, 7) is 5.70. The molecular weight excluding hydrogens is 347 g/mol. The van der Waals surface area contributed by atoms with Crippen molar-refractivity contribution in [1.82, 2.24) is 14.5 Å². The molecule has 3 rings (SSSR count). The van der Waals surface area contributed by atoms with Crippen molar-refractivity contribution >= 4 is 11.8 Å². The lowest BCUT2D eigenvalue weighted by Crippen LogP contribution is -2.15. The minimum atomic E-state index is -0.447. The van der Waals surface area contributed by atoms with Crippen LogP contribution in [-0.2, 0) is 11.3 Å². The van der Waals surface area contributed by atoms with E-state index in [-0.39, 0.29) is 11.9 Å². The van der Waals surface area contributed by atoms with E-state index in [2.05, 4.69) is 15.3 Å². The molecule has 0 saturated carbocycles. The standard InChI is InChI=1S/C20H21FN4O2/c1-13(2)27-20(26)16-5-4-8-23-19(16)24-12-15-6-7-18(17(21)11-15)25-10-9-22-14(25)3/h4-11,13H,12H2,1-3H3,(H,23,24). The Balaban J connectivity index is 1.75. The van der Waals surface area contributed by atoms with Gasteiger partial charge in [0.25, 0.3) is 0 Å². The van der Waals surface area contributed by atoms with Crippen LogP contribution in [0.25, 0.3) is 5.69 Å². The molecule has 0 amide bonds. The van der Waals surface area contributed by atoms with Gasteiger partial charge in [-0.15, -0.1) is 0 Å². The first-order valence-corrected chi connectivity index (χ1v) is 8.64. The van der Waals surface area contributed by atoms with E-state index in [1.807, 2.05) is 13.0 Å². The van der Waals surface area contributed by atoms with Crippen molar-refractivity contribution in [1.29, 1.82) is 0 Å². The Labute approximate surface area is 157 Å². The molecule has 0 aliphatic heterocycles. The molecule has 140 valence electrons. The zero-order valence-electron chi connectivity index (χ0n) is 15.4. The number of nitrogens with zero attached hydrogens (tertiary/aromatic N) is 3. The number of hydrogen-bond donors (Lipinski definition) is 1. The van der Waals surface area contributed by atoms with Crippen molar-refractivity contribution in [2.45, 2.75) is 33.4 Å². The van der Waals surface area contributed by atoms with E-state index in [1.54, 1.807) is 55.2 Å². The first-order valence-electron chi connectivity index (χ1n) is 8.64. The van der Waals surface area contributed by atoms with E-state index in [9.17, 15) is 9.18 Å². The summed E-state index contributed by atoms with van der Waals surface area (Å²) in [6, 6.07) is 8.29. The molecule has 0 saturated heterocycles. The van der Waals surface area contributed by atoms with Gasteiger partial charge in [0.05, 0.1) is 11.8 Å². The number of carbonyl (C=O) groups is 1. The van der Waals surface area contributed by atoms with Crippen LogP contribution >= 0.6 is 0 Å². The van der Waals surface area contributed by atoms with E-state index in [0.717, 1.165) is 5.56 Å². The maximum Gasteiger partial charge on any atom is 0.342 e. The predicted molar refractivity (Wildman–Crippen MR) is 100 cm³/mol. The van der Waals surface area contributed by atoms with E-state index in [0.29, 0.717) is 29.4 Å². The lowest BCUT2D eigenvalue weighted by molar-refractivity contribution is 0.0378. The summed E-state index contributed by atoms with van der Waals surface area (Å²) in [4.78, 5) is 20.5. The highest BCUT2D eigenvalue weighted by Gasteiger charge is 2.15. The van der Waals surface area contributed by atoms with Crippen molar-refractivity contribution in [3.05, 3.63) is 71.7 Å². The third kappa shape index (κ3) is 4.31. The summed E-state index contributed by atoms with van der Waals surface area (Å²) in [7, 11) is 0. The highest BCUT2D eigenvalue weighted by atomic mass is 19.1. The van der Waals surface area contributed by atoms with Gasteiger partial charge in [0, 0.05) is 25.1 Å². The largest absolute Gasteiger partial charge is 0.459 e. The van der Waals surface area contributed by atoms with Crippen LogP contribution in [0.2, 0.25) is 0 Å². The van der Waals surface area contributed by atoms with Gasteiger partial charge in [-0.25, -0.2) is 19.2 Å². The first kappa shape index (κ1) is 18.6. The van der Waals surface area contributed by atoms with Gasteiger partial charge < -0.3 is 14.6 Å². The second-order valence-electron chi connectivity index (χ2n) is 6.34. The van der Waals surface area contributed by atoms with E-state index >= 15 is 0 Å². The number of aryl methyl sites for hydroxylation is 1. The predicted octanol–water partition coefficient (Wildman–Crippen LogP) is 3.89. The molecule has 0 bridgehead atoms. The maximum absolute atomic E-state index is 14.5. The minimum Gasteiger partial charge on any atom is -0.459 e. The molecule has 7 heteroatoms. The van der Waals surface area contributed by atoms with Crippen LogP contribution < -0.4 is 5.32 Å². The Bertz CT molecular complexity index is 953. The molecule has 6 nitrogen and oxygen atoms in total. The first-order chi connectivity index (χ1) is 13.0. The van der Waals surface area contributed by atoms with Gasteiger partial charge in [0.15, 0.2) is 0 Å². The molecule has 1 N–H and O–H groups in total. The smallest absolute Gasteiger partial charge is 0.342 e. The van der Waals surface area contributed by atoms with Crippen molar-refractivity contribution in [2.75, 3.05) is 5.32 Å². The summed E-state index contributed by atoms with van der Waals surface area (Å²) in [5.74, 6) is 0.313. The van der Waals surface area contributed by atoms with Gasteiger partial charge in [0.2, 0.25) is 0 Å². The summed E-state index contributed by atoms with van der Waals surface area (Å²) >= 11 is 0. The monoisotopic (exact) mass is 368 g/mol. The summed E-state index contributed by atoms with van der Waals surface area (Å²) in [5.41, 5.74) is 1.51. The molecule has 0 spiro atoms. The Kier molecular flexibility index (Phi) is 5.49. The van der Waals surface area contributed by atoms with E-state index < -0.39 is 5.97 Å². The van der Waals surface area contributed by atoms with Gasteiger partial charge in [-0.1, -0.05) is 6.07 Å². The van der Waals surface area contributed by atoms with Gasteiger partial charge in [-0.05, 0) is 50.6 Å². The average Bonchev–Trinajstić information content (AvgIpc) is 3.05. The number of imidazole rings is 1. The Morgan fingerprint density at radius 3 is 2.74 bits per heavy atom. The molecule has 3 aromatic rings. The fourth-order valence-corrected chi connectivity index (χ4v) is 2.66. The number of benzene rings is 1. The summed E-state index contributed by atoms with van der Waals surface area (Å²) < 4.78 is 21.4. The number of rotatable bonds is 6. The molecule has 0 fully saturated rings. The highest BCUT2D eigenvalue weighted by Crippen LogP contribution is 2.19. The SMILES string of the molecule is Cc1nccn1-c1ccc(CNc2ncccc2C(=O)OC(C)C)cc1F. The lowest BCUT2D eigenvalue weighted by atomic mass is 10.2. The quantitative estimate of drug-likeness (QED) is 0.669. The van der Waals surface area contributed by atoms with Gasteiger partial charge in [-0.2, -0.15) is 0 Å². The number of esters is 1. The van der Waals surface area contributed by atoms with Crippen LogP contribution in [0.5, 0.6) is 0 Å². The molecule has 2 heterocycles. The number of halogens is 1. The second kappa shape index (κ2) is 7.99. The Morgan fingerprint density at radius 1 is 1.26 bits per heavy atom. The van der Waals surface area contributed by atoms with Crippen LogP contribution in [0, 0.1) is 12.7 Å². The lowest BCUT2D eigenvalue weighted by Gasteiger charge is -2.13. The number of nitrogens with one attached hydrogen (secondary N) is 1. The van der Waals surface area contributed by atoms with Crippen LogP contribution in [0.15, 0.2) is 48.9 Å². The van der Waals surface area contributed by atoms with Crippen LogP contribution in [0.3, 0.4) is 0 Å². The van der Waals surface area contributed by atoms with Gasteiger partial charge in [-0.3, -0.25) is 0 Å². The molecule has 0 unspecified atom stereocenters. The molecular formula is C20H21FN4O2. The Morgan fingerprint density at radius 2 is 2.07 bits per heavy atom. The summed E-state index contributed by atoms with van der Waals surface area (Å²) in [6.07, 6.45) is 4.70. The molecule has 0 aliphatic rings. The molecule has 0 radical (unpaired) electrons. The minimum absolute atomic E-state index is 0.223. The van der Waals surface area contributed by atoms with Crippen molar-refractivity contribution in [2.24, 2.45) is 0 Å². The fourth-order valence-electron chi connectivity index (χ4n) is 2.66. The number of aromatic nitrogens is 3. The third-order valence-corrected chi connectivity index (χ3v) is 3.93. The van der Waals surface area contributed by atoms with E-state index in [1.165, 1.54) is 6.07 Å². The topological polar surface area (TPSA) is 69.0 Å². The third-order valence-electron chi connectivity index (χ3n) is 3.93. The van der Waals surface area contributed by atoms with Gasteiger partial charge in [0.1, 0.15) is 23.0 Å². The van der Waals surface area contributed by atoms with Gasteiger partial charge >= 0.3 is 5.97 Å². The number of carbonyl (C=O) groups excluding carboxylic acids is 1.